The first-order valence-corrected chi connectivity index (χ1v) is 5.25. The molecule has 0 radical (unpaired) electrons. The third-order valence-electron chi connectivity index (χ3n) is 2.90. The average molecular weight is 205 g/mol. The van der Waals surface area contributed by atoms with Gasteiger partial charge in [-0.25, -0.2) is 0 Å². The number of nitrogens with zero attached hydrogens (tertiary/aromatic N) is 1. The Hall–Kier alpha value is -1.35. The molecule has 1 aliphatic heterocycles. The van der Waals surface area contributed by atoms with Crippen LogP contribution < -0.4 is 0 Å². The Morgan fingerprint density at radius 1 is 1.40 bits per heavy atom. The molecule has 3 nitrogen and oxygen atoms in total. The van der Waals surface area contributed by atoms with E-state index in [1.54, 1.807) is 0 Å². The molecule has 0 unspecified atom stereocenters. The van der Waals surface area contributed by atoms with Gasteiger partial charge in [0.05, 0.1) is 6.42 Å². The summed E-state index contributed by atoms with van der Waals surface area (Å²) in [7, 11) is 0. The molecule has 1 N–H and O–H groups in total. The lowest BCUT2D eigenvalue weighted by Gasteiger charge is -2.40. The van der Waals surface area contributed by atoms with Gasteiger partial charge in [-0.3, -0.25) is 9.69 Å². The summed E-state index contributed by atoms with van der Waals surface area (Å²) >= 11 is 0. The standard InChI is InChI=1S/C12H15NO2/c14-12(15)8-11-6-7-13(11)9-10-4-2-1-3-5-10/h1-5,11H,6-9H2,(H,14,15)/t11-/m1/s1. The van der Waals surface area contributed by atoms with E-state index in [2.05, 4.69) is 17.0 Å². The van der Waals surface area contributed by atoms with Crippen LogP contribution in [0.5, 0.6) is 0 Å². The van der Waals surface area contributed by atoms with Crippen LogP contribution in [0.3, 0.4) is 0 Å². The maximum atomic E-state index is 10.6. The summed E-state index contributed by atoms with van der Waals surface area (Å²) in [6.07, 6.45) is 1.28. The SMILES string of the molecule is O=C(O)C[C@H]1CCN1Cc1ccccc1. The molecule has 1 fully saturated rings. The third-order valence-corrected chi connectivity index (χ3v) is 2.90. The fourth-order valence-corrected chi connectivity index (χ4v) is 1.95. The van der Waals surface area contributed by atoms with E-state index in [1.165, 1.54) is 5.56 Å². The Morgan fingerprint density at radius 3 is 2.67 bits per heavy atom. The molecule has 15 heavy (non-hydrogen) atoms. The van der Waals surface area contributed by atoms with Gasteiger partial charge in [0.25, 0.3) is 0 Å². The monoisotopic (exact) mass is 205 g/mol. The summed E-state index contributed by atoms with van der Waals surface area (Å²) in [4.78, 5) is 12.8. The number of carboxylic acid groups (broad SMARTS) is 1. The fraction of sp³-hybridized carbons (Fsp3) is 0.417. The molecular formula is C12H15NO2. The highest BCUT2D eigenvalue weighted by Crippen LogP contribution is 2.22. The van der Waals surface area contributed by atoms with E-state index in [4.69, 9.17) is 5.11 Å². The summed E-state index contributed by atoms with van der Waals surface area (Å²) in [6, 6.07) is 10.4. The predicted octanol–water partition coefficient (Wildman–Crippen LogP) is 1.74. The highest BCUT2D eigenvalue weighted by molar-refractivity contribution is 5.67. The van der Waals surface area contributed by atoms with Crippen LogP contribution in [0.25, 0.3) is 0 Å². The van der Waals surface area contributed by atoms with Crippen LogP contribution >= 0.6 is 0 Å². The van der Waals surface area contributed by atoms with Crippen LogP contribution in [0, 0.1) is 0 Å². The minimum Gasteiger partial charge on any atom is -0.481 e. The molecule has 2 rings (SSSR count). The lowest BCUT2D eigenvalue weighted by molar-refractivity contribution is -0.139. The molecule has 1 atom stereocenters. The molecule has 0 saturated carbocycles. The molecular weight excluding hydrogens is 190 g/mol. The van der Waals surface area contributed by atoms with Crippen molar-refractivity contribution in [3.8, 4) is 0 Å². The van der Waals surface area contributed by atoms with Crippen molar-refractivity contribution >= 4 is 5.97 Å². The average Bonchev–Trinajstić information content (AvgIpc) is 2.23. The number of rotatable bonds is 4. The molecule has 1 aromatic carbocycles. The predicted molar refractivity (Wildman–Crippen MR) is 57.5 cm³/mol. The van der Waals surface area contributed by atoms with E-state index in [0.29, 0.717) is 0 Å². The summed E-state index contributed by atoms with van der Waals surface area (Å²) in [5, 5.41) is 8.71. The van der Waals surface area contributed by atoms with Crippen molar-refractivity contribution in [1.82, 2.24) is 4.90 Å². The quantitative estimate of drug-likeness (QED) is 0.813. The molecule has 0 spiro atoms. The van der Waals surface area contributed by atoms with Crippen molar-refractivity contribution in [3.05, 3.63) is 35.9 Å². The molecule has 3 heteroatoms. The molecule has 1 aliphatic rings. The summed E-state index contributed by atoms with van der Waals surface area (Å²) in [6.45, 7) is 1.89. The number of carbonyl (C=O) groups is 1. The van der Waals surface area contributed by atoms with Crippen molar-refractivity contribution < 1.29 is 9.90 Å². The van der Waals surface area contributed by atoms with Crippen LogP contribution in [0.4, 0.5) is 0 Å². The number of aliphatic carboxylic acids is 1. The molecule has 1 saturated heterocycles. The Bertz CT molecular complexity index is 337. The topological polar surface area (TPSA) is 40.5 Å². The van der Waals surface area contributed by atoms with Crippen LogP contribution in [-0.2, 0) is 11.3 Å². The first-order valence-electron chi connectivity index (χ1n) is 5.25. The van der Waals surface area contributed by atoms with Crippen LogP contribution in [0.2, 0.25) is 0 Å². The third kappa shape index (κ3) is 2.57. The Labute approximate surface area is 89.3 Å². The first kappa shape index (κ1) is 10.2. The van der Waals surface area contributed by atoms with Crippen LogP contribution in [0.15, 0.2) is 30.3 Å². The minimum atomic E-state index is -0.697. The molecule has 0 aromatic heterocycles. The molecule has 1 heterocycles. The number of carboxylic acids is 1. The highest BCUT2D eigenvalue weighted by atomic mass is 16.4. The minimum absolute atomic E-state index is 0.239. The largest absolute Gasteiger partial charge is 0.481 e. The second kappa shape index (κ2) is 4.45. The fourth-order valence-electron chi connectivity index (χ4n) is 1.95. The zero-order chi connectivity index (χ0) is 10.7. The lowest BCUT2D eigenvalue weighted by atomic mass is 9.98. The van der Waals surface area contributed by atoms with Gasteiger partial charge >= 0.3 is 5.97 Å². The van der Waals surface area contributed by atoms with Crippen molar-refractivity contribution in [2.45, 2.75) is 25.4 Å². The second-order valence-corrected chi connectivity index (χ2v) is 4.00. The van der Waals surface area contributed by atoms with Crippen LogP contribution in [-0.4, -0.2) is 28.6 Å². The van der Waals surface area contributed by atoms with Gasteiger partial charge in [-0.15, -0.1) is 0 Å². The molecule has 1 aromatic rings. The molecule has 0 amide bonds. The molecule has 0 aliphatic carbocycles. The Morgan fingerprint density at radius 2 is 2.13 bits per heavy atom. The van der Waals surface area contributed by atoms with Gasteiger partial charge in [0.2, 0.25) is 0 Å². The van der Waals surface area contributed by atoms with Gasteiger partial charge in [-0.1, -0.05) is 30.3 Å². The first-order chi connectivity index (χ1) is 7.25. The normalized spacial score (nSPS) is 20.9. The highest BCUT2D eigenvalue weighted by Gasteiger charge is 2.29. The van der Waals surface area contributed by atoms with Crippen molar-refractivity contribution in [2.24, 2.45) is 0 Å². The molecule has 0 bridgehead atoms. The van der Waals surface area contributed by atoms with Gasteiger partial charge in [-0.2, -0.15) is 0 Å². The van der Waals surface area contributed by atoms with Gasteiger partial charge in [-0.05, 0) is 12.0 Å². The van der Waals surface area contributed by atoms with E-state index >= 15 is 0 Å². The van der Waals surface area contributed by atoms with Crippen LogP contribution in [0.1, 0.15) is 18.4 Å². The number of hydrogen-bond donors (Lipinski definition) is 1. The van der Waals surface area contributed by atoms with Crippen molar-refractivity contribution in [3.63, 3.8) is 0 Å². The van der Waals surface area contributed by atoms with Crippen molar-refractivity contribution in [1.29, 1.82) is 0 Å². The maximum Gasteiger partial charge on any atom is 0.304 e. The van der Waals surface area contributed by atoms with Crippen molar-refractivity contribution in [2.75, 3.05) is 6.54 Å². The van der Waals surface area contributed by atoms with Gasteiger partial charge in [0.1, 0.15) is 0 Å². The Balaban J connectivity index is 1.88. The smallest absolute Gasteiger partial charge is 0.304 e. The van der Waals surface area contributed by atoms with E-state index in [-0.39, 0.29) is 12.5 Å². The lowest BCUT2D eigenvalue weighted by Crippen LogP contribution is -2.47. The summed E-state index contributed by atoms with van der Waals surface area (Å²) in [5.74, 6) is -0.697. The molecule has 80 valence electrons. The maximum absolute atomic E-state index is 10.6. The Kier molecular flexibility index (Phi) is 3.02. The van der Waals surface area contributed by atoms with E-state index in [1.807, 2.05) is 18.2 Å². The van der Waals surface area contributed by atoms with E-state index in [9.17, 15) is 4.79 Å². The van der Waals surface area contributed by atoms with Gasteiger partial charge in [0, 0.05) is 19.1 Å². The van der Waals surface area contributed by atoms with Gasteiger partial charge < -0.3 is 5.11 Å². The zero-order valence-corrected chi connectivity index (χ0v) is 8.60. The number of likely N-dealkylation sites (tertiary alicyclic amines) is 1. The van der Waals surface area contributed by atoms with Gasteiger partial charge in [0.15, 0.2) is 0 Å². The van der Waals surface area contributed by atoms with E-state index in [0.717, 1.165) is 19.5 Å². The number of hydrogen-bond acceptors (Lipinski definition) is 2. The van der Waals surface area contributed by atoms with E-state index < -0.39 is 5.97 Å². The zero-order valence-electron chi connectivity index (χ0n) is 8.60. The number of benzene rings is 1. The summed E-state index contributed by atoms with van der Waals surface area (Å²) in [5.41, 5.74) is 1.26. The second-order valence-electron chi connectivity index (χ2n) is 4.00. The summed E-state index contributed by atoms with van der Waals surface area (Å²) < 4.78 is 0.